The molecule has 0 spiro atoms. The molecule has 0 aliphatic rings. The molecule has 2 aromatic heterocycles. The molecular formula is C10H15N5OS. The van der Waals surface area contributed by atoms with E-state index < -0.39 is 0 Å². The van der Waals surface area contributed by atoms with Crippen LogP contribution in [0.3, 0.4) is 0 Å². The van der Waals surface area contributed by atoms with Crippen LogP contribution in [0.25, 0.3) is 5.65 Å². The number of anilines is 1. The lowest BCUT2D eigenvalue weighted by molar-refractivity contribution is 0.288. The molecule has 92 valence electrons. The Labute approximate surface area is 103 Å². The molecule has 2 aromatic rings. The van der Waals surface area contributed by atoms with Gasteiger partial charge in [0.15, 0.2) is 5.82 Å². The zero-order chi connectivity index (χ0) is 12.3. The lowest BCUT2D eigenvalue weighted by Gasteiger charge is -2.21. The van der Waals surface area contributed by atoms with E-state index in [4.69, 9.17) is 0 Å². The zero-order valence-corrected chi connectivity index (χ0v) is 10.6. The number of rotatable bonds is 5. The molecule has 0 saturated carbocycles. The maximum Gasteiger partial charge on any atom is 0.203 e. The van der Waals surface area contributed by atoms with E-state index >= 15 is 0 Å². The Hall–Kier alpha value is -1.34. The van der Waals surface area contributed by atoms with Crippen molar-refractivity contribution in [2.45, 2.75) is 18.2 Å². The van der Waals surface area contributed by atoms with Crippen molar-refractivity contribution in [1.82, 2.24) is 19.6 Å². The summed E-state index contributed by atoms with van der Waals surface area (Å²) in [5.41, 5.74) is 0.692. The molecule has 0 radical (unpaired) electrons. The van der Waals surface area contributed by atoms with Crippen molar-refractivity contribution >= 4 is 23.2 Å². The summed E-state index contributed by atoms with van der Waals surface area (Å²) in [6.07, 6.45) is 7.09. The zero-order valence-electron chi connectivity index (χ0n) is 9.74. The van der Waals surface area contributed by atoms with Crippen molar-refractivity contribution in [1.29, 1.82) is 0 Å². The molecule has 0 aliphatic carbocycles. The molecule has 0 bridgehead atoms. The summed E-state index contributed by atoms with van der Waals surface area (Å²) in [6, 6.07) is 0.102. The second kappa shape index (κ2) is 5.33. The van der Waals surface area contributed by atoms with E-state index in [1.807, 2.05) is 13.2 Å². The second-order valence-corrected chi connectivity index (χ2v) is 4.80. The highest BCUT2D eigenvalue weighted by Crippen LogP contribution is 2.17. The lowest BCUT2D eigenvalue weighted by Crippen LogP contribution is -2.31. The first kappa shape index (κ1) is 12.1. The molecule has 7 heteroatoms. The van der Waals surface area contributed by atoms with Crippen molar-refractivity contribution in [2.75, 3.05) is 18.2 Å². The molecule has 0 amide bonds. The van der Waals surface area contributed by atoms with Crippen LogP contribution < -0.4 is 5.32 Å². The van der Waals surface area contributed by atoms with Crippen molar-refractivity contribution in [3.05, 3.63) is 18.7 Å². The quantitative estimate of drug-likeness (QED) is 0.815. The van der Waals surface area contributed by atoms with Crippen LogP contribution in [-0.2, 0) is 0 Å². The van der Waals surface area contributed by atoms with Gasteiger partial charge in [0, 0.05) is 23.7 Å². The maximum absolute atomic E-state index is 9.23. The molecule has 2 heterocycles. The number of thioether (sulfide) groups is 1. The summed E-state index contributed by atoms with van der Waals surface area (Å²) < 4.78 is 1.80. The van der Waals surface area contributed by atoms with Gasteiger partial charge in [-0.25, -0.2) is 4.98 Å². The van der Waals surface area contributed by atoms with Gasteiger partial charge in [0.2, 0.25) is 5.65 Å². The second-order valence-electron chi connectivity index (χ2n) is 3.73. The highest BCUT2D eigenvalue weighted by atomic mass is 32.2. The first-order valence-electron chi connectivity index (χ1n) is 5.30. The molecule has 0 aliphatic heterocycles. The average Bonchev–Trinajstić information content (AvgIpc) is 2.80. The number of aliphatic hydroxyl groups excluding tert-OH is 1. The maximum atomic E-state index is 9.23. The van der Waals surface area contributed by atoms with Crippen LogP contribution in [0, 0.1) is 0 Å². The number of aliphatic hydroxyl groups is 1. The smallest absolute Gasteiger partial charge is 0.203 e. The predicted molar refractivity (Wildman–Crippen MR) is 68.3 cm³/mol. The van der Waals surface area contributed by atoms with E-state index in [0.29, 0.717) is 11.5 Å². The highest BCUT2D eigenvalue weighted by Gasteiger charge is 2.16. The summed E-state index contributed by atoms with van der Waals surface area (Å²) in [7, 11) is 0. The van der Waals surface area contributed by atoms with Crippen LogP contribution in [0.5, 0.6) is 0 Å². The first-order chi connectivity index (χ1) is 8.26. The minimum atomic E-state index is 0.102. The standard InChI is InChI=1S/C10H15N5OS/c1-7(8(5-16)17-2)13-9-10-14-12-6-15(10)4-3-11-9/h3-4,6-8,16H,5H2,1-2H3,(H,11,13). The van der Waals surface area contributed by atoms with Crippen LogP contribution in [-0.4, -0.2) is 48.8 Å². The Bertz CT molecular complexity index is 484. The normalized spacial score (nSPS) is 14.8. The van der Waals surface area contributed by atoms with Gasteiger partial charge in [-0.05, 0) is 13.2 Å². The third-order valence-electron chi connectivity index (χ3n) is 2.62. The van der Waals surface area contributed by atoms with Crippen molar-refractivity contribution in [3.8, 4) is 0 Å². The molecule has 2 atom stereocenters. The summed E-state index contributed by atoms with van der Waals surface area (Å²) in [6.45, 7) is 2.14. The van der Waals surface area contributed by atoms with Gasteiger partial charge in [-0.2, -0.15) is 11.8 Å². The molecule has 0 fully saturated rings. The van der Waals surface area contributed by atoms with Gasteiger partial charge < -0.3 is 10.4 Å². The van der Waals surface area contributed by atoms with Crippen LogP contribution in [0.2, 0.25) is 0 Å². The van der Waals surface area contributed by atoms with Gasteiger partial charge in [0.05, 0.1) is 6.61 Å². The minimum Gasteiger partial charge on any atom is -0.395 e. The number of aromatic nitrogens is 4. The van der Waals surface area contributed by atoms with Crippen LogP contribution in [0.1, 0.15) is 6.92 Å². The molecule has 17 heavy (non-hydrogen) atoms. The first-order valence-corrected chi connectivity index (χ1v) is 6.59. The van der Waals surface area contributed by atoms with E-state index in [-0.39, 0.29) is 17.9 Å². The van der Waals surface area contributed by atoms with Crippen LogP contribution in [0.15, 0.2) is 18.7 Å². The Balaban J connectivity index is 2.20. The average molecular weight is 253 g/mol. The Morgan fingerprint density at radius 3 is 3.12 bits per heavy atom. The predicted octanol–water partition coefficient (Wildman–Crippen LogP) is 0.649. The summed E-state index contributed by atoms with van der Waals surface area (Å²) >= 11 is 1.62. The van der Waals surface area contributed by atoms with E-state index in [2.05, 4.69) is 20.5 Å². The van der Waals surface area contributed by atoms with Gasteiger partial charge in [-0.15, -0.1) is 10.2 Å². The highest BCUT2D eigenvalue weighted by molar-refractivity contribution is 7.99. The largest absolute Gasteiger partial charge is 0.395 e. The summed E-state index contributed by atoms with van der Waals surface area (Å²) in [5.74, 6) is 0.685. The van der Waals surface area contributed by atoms with Crippen LogP contribution in [0.4, 0.5) is 5.82 Å². The van der Waals surface area contributed by atoms with E-state index in [1.165, 1.54) is 0 Å². The number of nitrogens with one attached hydrogen (secondary N) is 1. The van der Waals surface area contributed by atoms with Gasteiger partial charge in [0.25, 0.3) is 0 Å². The number of hydrogen-bond acceptors (Lipinski definition) is 6. The minimum absolute atomic E-state index is 0.102. The fraction of sp³-hybridized carbons (Fsp3) is 0.500. The number of fused-ring (bicyclic) bond motifs is 1. The van der Waals surface area contributed by atoms with E-state index in [1.54, 1.807) is 34.9 Å². The van der Waals surface area contributed by atoms with Crippen molar-refractivity contribution in [3.63, 3.8) is 0 Å². The van der Waals surface area contributed by atoms with Gasteiger partial charge in [-0.1, -0.05) is 0 Å². The SMILES string of the molecule is CSC(CO)C(C)Nc1nccn2cnnc12. The Morgan fingerprint density at radius 2 is 2.41 bits per heavy atom. The third-order valence-corrected chi connectivity index (χ3v) is 3.78. The van der Waals surface area contributed by atoms with Crippen molar-refractivity contribution in [2.24, 2.45) is 0 Å². The van der Waals surface area contributed by atoms with Gasteiger partial charge >= 0.3 is 0 Å². The number of hydrogen-bond donors (Lipinski definition) is 2. The Kier molecular flexibility index (Phi) is 3.80. The summed E-state index contributed by atoms with van der Waals surface area (Å²) in [5, 5.41) is 20.5. The van der Waals surface area contributed by atoms with Gasteiger partial charge in [-0.3, -0.25) is 4.40 Å². The molecule has 2 unspecified atom stereocenters. The molecule has 6 nitrogen and oxygen atoms in total. The summed E-state index contributed by atoms with van der Waals surface area (Å²) in [4.78, 5) is 4.24. The molecule has 2 N–H and O–H groups in total. The third kappa shape index (κ3) is 2.50. The monoisotopic (exact) mass is 253 g/mol. The fourth-order valence-electron chi connectivity index (χ4n) is 1.61. The lowest BCUT2D eigenvalue weighted by atomic mass is 10.2. The number of nitrogens with zero attached hydrogens (tertiary/aromatic N) is 4. The molecule has 2 rings (SSSR count). The molecule has 0 aromatic carbocycles. The fourth-order valence-corrected chi connectivity index (χ4v) is 2.23. The Morgan fingerprint density at radius 1 is 1.59 bits per heavy atom. The molecular weight excluding hydrogens is 238 g/mol. The van der Waals surface area contributed by atoms with E-state index in [0.717, 1.165) is 0 Å². The van der Waals surface area contributed by atoms with Crippen LogP contribution >= 0.6 is 11.8 Å². The van der Waals surface area contributed by atoms with Gasteiger partial charge in [0.1, 0.15) is 6.33 Å². The van der Waals surface area contributed by atoms with E-state index in [9.17, 15) is 5.11 Å². The van der Waals surface area contributed by atoms with Crippen molar-refractivity contribution < 1.29 is 5.11 Å². The molecule has 0 saturated heterocycles. The topological polar surface area (TPSA) is 75.3 Å².